The third kappa shape index (κ3) is 3.16. The SMILES string of the molecule is COc1c(C)cc(NC(C)c2ccc3ccccc3c2)cc1C. The predicted molar refractivity (Wildman–Crippen MR) is 98.5 cm³/mol. The maximum absolute atomic E-state index is 5.44. The number of hydrogen-bond acceptors (Lipinski definition) is 2. The van der Waals surface area contributed by atoms with E-state index in [0.29, 0.717) is 0 Å². The summed E-state index contributed by atoms with van der Waals surface area (Å²) in [6.45, 7) is 6.36. The highest BCUT2D eigenvalue weighted by Gasteiger charge is 2.09. The number of fused-ring (bicyclic) bond motifs is 1. The Morgan fingerprint density at radius 3 is 2.17 bits per heavy atom. The zero-order valence-corrected chi connectivity index (χ0v) is 14.2. The van der Waals surface area contributed by atoms with Crippen LogP contribution in [0.3, 0.4) is 0 Å². The molecule has 0 amide bonds. The van der Waals surface area contributed by atoms with Crippen molar-refractivity contribution in [1.82, 2.24) is 0 Å². The summed E-state index contributed by atoms with van der Waals surface area (Å²) < 4.78 is 5.44. The Hall–Kier alpha value is -2.48. The van der Waals surface area contributed by atoms with E-state index in [9.17, 15) is 0 Å². The van der Waals surface area contributed by atoms with Crippen molar-refractivity contribution in [3.8, 4) is 5.75 Å². The normalized spacial score (nSPS) is 12.2. The highest BCUT2D eigenvalue weighted by Crippen LogP contribution is 2.29. The molecule has 0 spiro atoms. The van der Waals surface area contributed by atoms with Gasteiger partial charge in [-0.2, -0.15) is 0 Å². The first-order valence-corrected chi connectivity index (χ1v) is 7.99. The van der Waals surface area contributed by atoms with Crippen molar-refractivity contribution in [3.05, 3.63) is 71.3 Å². The number of benzene rings is 3. The first-order chi connectivity index (χ1) is 11.1. The second kappa shape index (κ2) is 6.33. The van der Waals surface area contributed by atoms with Crippen molar-refractivity contribution in [2.24, 2.45) is 0 Å². The van der Waals surface area contributed by atoms with Gasteiger partial charge < -0.3 is 10.1 Å². The van der Waals surface area contributed by atoms with Gasteiger partial charge in [0, 0.05) is 11.7 Å². The zero-order valence-electron chi connectivity index (χ0n) is 14.2. The van der Waals surface area contributed by atoms with Crippen LogP contribution in [0.25, 0.3) is 10.8 Å². The third-order valence-electron chi connectivity index (χ3n) is 4.32. The van der Waals surface area contributed by atoms with Crippen LogP contribution in [-0.2, 0) is 0 Å². The maximum Gasteiger partial charge on any atom is 0.124 e. The number of rotatable bonds is 4. The quantitative estimate of drug-likeness (QED) is 0.673. The molecule has 0 radical (unpaired) electrons. The molecule has 0 aliphatic heterocycles. The molecule has 0 saturated carbocycles. The summed E-state index contributed by atoms with van der Waals surface area (Å²) in [5.41, 5.74) is 4.72. The summed E-state index contributed by atoms with van der Waals surface area (Å²) in [7, 11) is 1.72. The Morgan fingerprint density at radius 1 is 0.870 bits per heavy atom. The number of anilines is 1. The molecule has 23 heavy (non-hydrogen) atoms. The molecule has 3 aromatic carbocycles. The van der Waals surface area contributed by atoms with E-state index in [1.807, 2.05) is 0 Å². The van der Waals surface area contributed by atoms with Crippen molar-refractivity contribution in [2.75, 3.05) is 12.4 Å². The fourth-order valence-corrected chi connectivity index (χ4v) is 3.17. The summed E-state index contributed by atoms with van der Waals surface area (Å²) in [5, 5.41) is 6.16. The highest BCUT2D eigenvalue weighted by atomic mass is 16.5. The van der Waals surface area contributed by atoms with Gasteiger partial charge in [-0.1, -0.05) is 36.4 Å². The molecule has 0 fully saturated rings. The molecule has 2 nitrogen and oxygen atoms in total. The molecule has 3 aromatic rings. The van der Waals surface area contributed by atoms with Gasteiger partial charge in [-0.15, -0.1) is 0 Å². The number of hydrogen-bond donors (Lipinski definition) is 1. The van der Waals surface area contributed by atoms with Crippen molar-refractivity contribution in [1.29, 1.82) is 0 Å². The van der Waals surface area contributed by atoms with Crippen molar-refractivity contribution in [3.63, 3.8) is 0 Å². The molecule has 118 valence electrons. The van der Waals surface area contributed by atoms with Gasteiger partial charge in [-0.3, -0.25) is 0 Å². The monoisotopic (exact) mass is 305 g/mol. The van der Waals surface area contributed by atoms with Crippen LogP contribution in [0, 0.1) is 13.8 Å². The molecule has 0 aromatic heterocycles. The molecule has 1 atom stereocenters. The van der Waals surface area contributed by atoms with E-state index in [-0.39, 0.29) is 6.04 Å². The molecule has 2 heteroatoms. The standard InChI is InChI=1S/C21H23NO/c1-14-11-20(12-15(2)21(14)23-4)22-16(3)18-10-9-17-7-5-6-8-19(17)13-18/h5-13,16,22H,1-4H3. The maximum atomic E-state index is 5.44. The van der Waals surface area contributed by atoms with Crippen LogP contribution in [0.2, 0.25) is 0 Å². The van der Waals surface area contributed by atoms with Gasteiger partial charge in [0.25, 0.3) is 0 Å². The van der Waals surface area contributed by atoms with E-state index in [0.717, 1.165) is 22.6 Å². The smallest absolute Gasteiger partial charge is 0.124 e. The van der Waals surface area contributed by atoms with E-state index in [2.05, 4.69) is 80.7 Å². The summed E-state index contributed by atoms with van der Waals surface area (Å²) in [4.78, 5) is 0. The summed E-state index contributed by atoms with van der Waals surface area (Å²) in [6.07, 6.45) is 0. The topological polar surface area (TPSA) is 21.3 Å². The lowest BCUT2D eigenvalue weighted by Gasteiger charge is -2.18. The van der Waals surface area contributed by atoms with Crippen LogP contribution in [-0.4, -0.2) is 7.11 Å². The molecular formula is C21H23NO. The molecule has 0 saturated heterocycles. The Bertz CT molecular complexity index is 815. The van der Waals surface area contributed by atoms with Crippen molar-refractivity contribution < 1.29 is 4.74 Å². The first-order valence-electron chi connectivity index (χ1n) is 7.99. The Morgan fingerprint density at radius 2 is 1.52 bits per heavy atom. The zero-order chi connectivity index (χ0) is 16.4. The van der Waals surface area contributed by atoms with Gasteiger partial charge in [0.2, 0.25) is 0 Å². The summed E-state index contributed by atoms with van der Waals surface area (Å²) in [6, 6.07) is 19.6. The van der Waals surface area contributed by atoms with Crippen LogP contribution >= 0.6 is 0 Å². The fraction of sp³-hybridized carbons (Fsp3) is 0.238. The van der Waals surface area contributed by atoms with Gasteiger partial charge in [-0.25, -0.2) is 0 Å². The molecule has 1 N–H and O–H groups in total. The Kier molecular flexibility index (Phi) is 4.24. The van der Waals surface area contributed by atoms with Gasteiger partial charge in [0.15, 0.2) is 0 Å². The van der Waals surface area contributed by atoms with E-state index in [1.54, 1.807) is 7.11 Å². The second-order valence-electron chi connectivity index (χ2n) is 6.12. The number of nitrogens with one attached hydrogen (secondary N) is 1. The minimum Gasteiger partial charge on any atom is -0.496 e. The van der Waals surface area contributed by atoms with Gasteiger partial charge in [0.05, 0.1) is 7.11 Å². The minimum absolute atomic E-state index is 0.242. The van der Waals surface area contributed by atoms with E-state index in [4.69, 9.17) is 4.74 Å². The number of aryl methyl sites for hydroxylation is 2. The summed E-state index contributed by atoms with van der Waals surface area (Å²) >= 11 is 0. The average Bonchev–Trinajstić information content (AvgIpc) is 2.54. The Labute approximate surface area is 138 Å². The number of methoxy groups -OCH3 is 1. The molecule has 3 rings (SSSR count). The lowest BCUT2D eigenvalue weighted by atomic mass is 10.0. The fourth-order valence-electron chi connectivity index (χ4n) is 3.17. The van der Waals surface area contributed by atoms with Crippen molar-refractivity contribution in [2.45, 2.75) is 26.8 Å². The van der Waals surface area contributed by atoms with E-state index >= 15 is 0 Å². The van der Waals surface area contributed by atoms with Crippen LogP contribution in [0.15, 0.2) is 54.6 Å². The largest absolute Gasteiger partial charge is 0.496 e. The van der Waals surface area contributed by atoms with Crippen LogP contribution in [0.4, 0.5) is 5.69 Å². The lowest BCUT2D eigenvalue weighted by molar-refractivity contribution is 0.408. The molecule has 0 aliphatic carbocycles. The molecular weight excluding hydrogens is 282 g/mol. The lowest BCUT2D eigenvalue weighted by Crippen LogP contribution is -2.07. The second-order valence-corrected chi connectivity index (χ2v) is 6.12. The third-order valence-corrected chi connectivity index (χ3v) is 4.32. The van der Waals surface area contributed by atoms with E-state index in [1.165, 1.54) is 16.3 Å². The predicted octanol–water partition coefficient (Wildman–Crippen LogP) is 5.64. The highest BCUT2D eigenvalue weighted by molar-refractivity contribution is 5.83. The van der Waals surface area contributed by atoms with Crippen molar-refractivity contribution >= 4 is 16.5 Å². The van der Waals surface area contributed by atoms with E-state index < -0.39 is 0 Å². The molecule has 1 unspecified atom stereocenters. The van der Waals surface area contributed by atoms with Gasteiger partial charge in [-0.05, 0) is 66.4 Å². The summed E-state index contributed by atoms with van der Waals surface area (Å²) in [5.74, 6) is 0.967. The molecule has 0 bridgehead atoms. The van der Waals surface area contributed by atoms with Gasteiger partial charge in [0.1, 0.15) is 5.75 Å². The average molecular weight is 305 g/mol. The van der Waals surface area contributed by atoms with Crippen LogP contribution in [0.5, 0.6) is 5.75 Å². The molecule has 0 heterocycles. The minimum atomic E-state index is 0.242. The Balaban J connectivity index is 1.86. The number of ether oxygens (including phenoxy) is 1. The van der Waals surface area contributed by atoms with Crippen LogP contribution < -0.4 is 10.1 Å². The molecule has 0 aliphatic rings. The van der Waals surface area contributed by atoms with Crippen LogP contribution in [0.1, 0.15) is 29.7 Å². The van der Waals surface area contributed by atoms with Gasteiger partial charge >= 0.3 is 0 Å². The first kappa shape index (κ1) is 15.4.